The van der Waals surface area contributed by atoms with Gasteiger partial charge in [-0.05, 0) is 31.0 Å². The van der Waals surface area contributed by atoms with Crippen molar-refractivity contribution in [3.05, 3.63) is 71.3 Å². The smallest absolute Gasteiger partial charge is 0.226 e. The molecule has 1 amide bonds. The van der Waals surface area contributed by atoms with E-state index in [1.54, 1.807) is 35.2 Å². The Hall–Kier alpha value is -2.76. The average molecular weight is 370 g/mol. The minimum atomic E-state index is -0.330. The molecule has 1 aliphatic carbocycles. The van der Waals surface area contributed by atoms with E-state index in [9.17, 15) is 13.6 Å². The molecule has 0 N–H and O–H groups in total. The highest BCUT2D eigenvalue weighted by atomic mass is 19.1. The second kappa shape index (κ2) is 7.47. The van der Waals surface area contributed by atoms with Gasteiger partial charge in [0, 0.05) is 30.0 Å². The molecule has 140 valence electrons. The molecule has 1 fully saturated rings. The van der Waals surface area contributed by atoms with Crippen LogP contribution in [0.15, 0.2) is 53.7 Å². The maximum atomic E-state index is 14.0. The first-order valence-electron chi connectivity index (χ1n) is 9.11. The summed E-state index contributed by atoms with van der Waals surface area (Å²) in [5.74, 6) is -0.596. The van der Waals surface area contributed by atoms with Crippen LogP contribution in [0.5, 0.6) is 0 Å². The topological polar surface area (TPSA) is 41.9 Å². The predicted molar refractivity (Wildman–Crippen MR) is 97.0 cm³/mol. The van der Waals surface area contributed by atoms with Crippen LogP contribution in [-0.4, -0.2) is 29.2 Å². The van der Waals surface area contributed by atoms with Crippen molar-refractivity contribution in [2.75, 3.05) is 6.54 Å². The van der Waals surface area contributed by atoms with Gasteiger partial charge in [0.15, 0.2) is 6.10 Å². The molecule has 4 rings (SSSR count). The van der Waals surface area contributed by atoms with Crippen LogP contribution in [0, 0.1) is 17.6 Å². The van der Waals surface area contributed by atoms with E-state index < -0.39 is 0 Å². The third kappa shape index (κ3) is 4.15. The monoisotopic (exact) mass is 370 g/mol. The van der Waals surface area contributed by atoms with Crippen molar-refractivity contribution in [3.8, 4) is 0 Å². The SMILES string of the molecule is O=C(C1CC1)N(Cc1ccccc1F)C[C@@H]1CC(c2cccc(F)c2)=NO1. The summed E-state index contributed by atoms with van der Waals surface area (Å²) in [7, 11) is 0. The van der Waals surface area contributed by atoms with Crippen molar-refractivity contribution in [3.63, 3.8) is 0 Å². The zero-order valence-corrected chi connectivity index (χ0v) is 14.8. The second-order valence-electron chi connectivity index (χ2n) is 7.06. The van der Waals surface area contributed by atoms with Crippen molar-refractivity contribution in [2.24, 2.45) is 11.1 Å². The fourth-order valence-corrected chi connectivity index (χ4v) is 3.26. The third-order valence-electron chi connectivity index (χ3n) is 4.87. The van der Waals surface area contributed by atoms with Gasteiger partial charge in [-0.2, -0.15) is 0 Å². The first-order chi connectivity index (χ1) is 13.1. The van der Waals surface area contributed by atoms with Crippen LogP contribution < -0.4 is 0 Å². The Balaban J connectivity index is 1.45. The quantitative estimate of drug-likeness (QED) is 0.774. The predicted octanol–water partition coefficient (Wildman–Crippen LogP) is 3.90. The number of amides is 1. The number of carbonyl (C=O) groups is 1. The summed E-state index contributed by atoms with van der Waals surface area (Å²) >= 11 is 0. The molecule has 0 bridgehead atoms. The minimum Gasteiger partial charge on any atom is -0.390 e. The van der Waals surface area contributed by atoms with E-state index in [2.05, 4.69) is 5.16 Å². The minimum absolute atomic E-state index is 0.0288. The van der Waals surface area contributed by atoms with E-state index in [-0.39, 0.29) is 36.1 Å². The van der Waals surface area contributed by atoms with E-state index in [0.717, 1.165) is 12.8 Å². The van der Waals surface area contributed by atoms with Crippen LogP contribution in [0.4, 0.5) is 8.78 Å². The van der Waals surface area contributed by atoms with E-state index in [1.807, 2.05) is 0 Å². The normalized spacial score (nSPS) is 18.7. The number of benzene rings is 2. The van der Waals surface area contributed by atoms with E-state index in [4.69, 9.17) is 4.84 Å². The fourth-order valence-electron chi connectivity index (χ4n) is 3.26. The molecule has 1 aliphatic heterocycles. The molecule has 1 atom stereocenters. The Kier molecular flexibility index (Phi) is 4.88. The Bertz CT molecular complexity index is 880. The van der Waals surface area contributed by atoms with Crippen molar-refractivity contribution in [2.45, 2.75) is 31.9 Å². The summed E-state index contributed by atoms with van der Waals surface area (Å²) < 4.78 is 27.5. The zero-order valence-electron chi connectivity index (χ0n) is 14.8. The molecule has 2 aromatic carbocycles. The van der Waals surface area contributed by atoms with Gasteiger partial charge < -0.3 is 9.74 Å². The van der Waals surface area contributed by atoms with Gasteiger partial charge in [0.2, 0.25) is 5.91 Å². The Labute approximate surface area is 156 Å². The average Bonchev–Trinajstić information content (AvgIpc) is 3.41. The first-order valence-corrected chi connectivity index (χ1v) is 9.11. The third-order valence-corrected chi connectivity index (χ3v) is 4.87. The number of hydrogen-bond acceptors (Lipinski definition) is 3. The van der Waals surface area contributed by atoms with Crippen LogP contribution in [0.3, 0.4) is 0 Å². The summed E-state index contributed by atoms with van der Waals surface area (Å²) in [5.41, 5.74) is 1.81. The number of halogens is 2. The summed E-state index contributed by atoms with van der Waals surface area (Å²) in [5, 5.41) is 4.06. The molecule has 6 heteroatoms. The number of rotatable bonds is 6. The van der Waals surface area contributed by atoms with Gasteiger partial charge in [-0.25, -0.2) is 8.78 Å². The molecule has 0 unspecified atom stereocenters. The van der Waals surface area contributed by atoms with Gasteiger partial charge in [0.05, 0.1) is 12.3 Å². The molecule has 4 nitrogen and oxygen atoms in total. The Morgan fingerprint density at radius 2 is 1.96 bits per heavy atom. The largest absolute Gasteiger partial charge is 0.390 e. The van der Waals surface area contributed by atoms with Crippen molar-refractivity contribution < 1.29 is 18.4 Å². The summed E-state index contributed by atoms with van der Waals surface area (Å²) in [6, 6.07) is 12.7. The van der Waals surface area contributed by atoms with Crippen LogP contribution in [0.2, 0.25) is 0 Å². The maximum absolute atomic E-state index is 14.0. The standard InChI is InChI=1S/C21H20F2N2O2/c22-17-6-3-5-15(10-17)20-11-18(27-24-20)13-25(21(26)14-8-9-14)12-16-4-1-2-7-19(16)23/h1-7,10,14,18H,8-9,11-13H2/t18-/m0/s1. The van der Waals surface area contributed by atoms with Gasteiger partial charge in [0.25, 0.3) is 0 Å². The number of carbonyl (C=O) groups excluding carboxylic acids is 1. The number of oxime groups is 1. The molecule has 1 heterocycles. The summed E-state index contributed by atoms with van der Waals surface area (Å²) in [6.45, 7) is 0.531. The molecule has 0 radical (unpaired) electrons. The van der Waals surface area contributed by atoms with Gasteiger partial charge in [-0.3, -0.25) is 4.79 Å². The second-order valence-corrected chi connectivity index (χ2v) is 7.06. The molecule has 0 aromatic heterocycles. The molecular weight excluding hydrogens is 350 g/mol. The van der Waals surface area contributed by atoms with Crippen LogP contribution in [-0.2, 0) is 16.2 Å². The first kappa shape index (κ1) is 17.6. The van der Waals surface area contributed by atoms with Gasteiger partial charge in [-0.1, -0.05) is 35.5 Å². The Morgan fingerprint density at radius 3 is 2.70 bits per heavy atom. The van der Waals surface area contributed by atoms with Crippen LogP contribution in [0.25, 0.3) is 0 Å². The van der Waals surface area contributed by atoms with Gasteiger partial charge in [-0.15, -0.1) is 0 Å². The highest BCUT2D eigenvalue weighted by Gasteiger charge is 2.36. The molecule has 2 aromatic rings. The highest BCUT2D eigenvalue weighted by Crippen LogP contribution is 2.32. The lowest BCUT2D eigenvalue weighted by molar-refractivity contribution is -0.135. The lowest BCUT2D eigenvalue weighted by atomic mass is 10.0. The molecular formula is C21H20F2N2O2. The van der Waals surface area contributed by atoms with Crippen LogP contribution in [0.1, 0.15) is 30.4 Å². The summed E-state index contributed by atoms with van der Waals surface area (Å²) in [4.78, 5) is 19.8. The van der Waals surface area contributed by atoms with Crippen molar-refractivity contribution in [1.29, 1.82) is 0 Å². The van der Waals surface area contributed by atoms with Crippen molar-refractivity contribution >= 4 is 11.6 Å². The molecule has 0 spiro atoms. The lowest BCUT2D eigenvalue weighted by Gasteiger charge is -2.25. The maximum Gasteiger partial charge on any atom is 0.226 e. The van der Waals surface area contributed by atoms with Gasteiger partial charge in [0.1, 0.15) is 11.6 Å². The molecule has 1 saturated carbocycles. The Morgan fingerprint density at radius 1 is 1.15 bits per heavy atom. The molecule has 2 aliphatic rings. The zero-order chi connectivity index (χ0) is 18.8. The molecule has 0 saturated heterocycles. The van der Waals surface area contributed by atoms with Crippen LogP contribution >= 0.6 is 0 Å². The van der Waals surface area contributed by atoms with E-state index in [0.29, 0.717) is 29.8 Å². The van der Waals surface area contributed by atoms with E-state index in [1.165, 1.54) is 18.2 Å². The summed E-state index contributed by atoms with van der Waals surface area (Å²) in [6.07, 6.45) is 1.92. The highest BCUT2D eigenvalue weighted by molar-refractivity contribution is 6.01. The van der Waals surface area contributed by atoms with Crippen molar-refractivity contribution in [1.82, 2.24) is 4.90 Å². The van der Waals surface area contributed by atoms with E-state index >= 15 is 0 Å². The lowest BCUT2D eigenvalue weighted by Crippen LogP contribution is -2.38. The number of hydrogen-bond donors (Lipinski definition) is 0. The fraction of sp³-hybridized carbons (Fsp3) is 0.333. The molecule has 27 heavy (non-hydrogen) atoms. The number of nitrogens with zero attached hydrogens (tertiary/aromatic N) is 2. The van der Waals surface area contributed by atoms with Gasteiger partial charge >= 0.3 is 0 Å².